The minimum atomic E-state index is -0.441. The van der Waals surface area contributed by atoms with E-state index < -0.39 is 5.41 Å². The second-order valence-electron chi connectivity index (χ2n) is 7.01. The van der Waals surface area contributed by atoms with E-state index >= 15 is 0 Å². The van der Waals surface area contributed by atoms with Crippen molar-refractivity contribution >= 4 is 11.8 Å². The molecule has 2 heterocycles. The molecule has 3 aliphatic rings. The lowest BCUT2D eigenvalue weighted by Gasteiger charge is -2.42. The average Bonchev–Trinajstić information content (AvgIpc) is 3.39. The number of nitrogens with zero attached hydrogens (tertiary/aromatic N) is 2. The molecule has 0 aromatic carbocycles. The lowest BCUT2D eigenvalue weighted by molar-refractivity contribution is -0.149. The summed E-state index contributed by atoms with van der Waals surface area (Å²) >= 11 is 0. The van der Waals surface area contributed by atoms with Crippen molar-refractivity contribution in [1.29, 1.82) is 0 Å². The molecule has 1 saturated carbocycles. The molecule has 0 unspecified atom stereocenters. The van der Waals surface area contributed by atoms with Gasteiger partial charge >= 0.3 is 0 Å². The van der Waals surface area contributed by atoms with Gasteiger partial charge in [-0.25, -0.2) is 0 Å². The third kappa shape index (κ3) is 4.02. The van der Waals surface area contributed by atoms with Crippen LogP contribution in [0.5, 0.6) is 0 Å². The molecule has 130 valence electrons. The molecule has 2 amide bonds. The number of nitrogens with one attached hydrogen (secondary N) is 1. The van der Waals surface area contributed by atoms with Gasteiger partial charge in [0.05, 0.1) is 12.0 Å². The Labute approximate surface area is 137 Å². The third-order valence-corrected chi connectivity index (χ3v) is 5.26. The maximum atomic E-state index is 12.9. The summed E-state index contributed by atoms with van der Waals surface area (Å²) in [6.07, 6.45) is 3.65. The first-order chi connectivity index (χ1) is 11.1. The van der Waals surface area contributed by atoms with Gasteiger partial charge in [0.25, 0.3) is 0 Å². The molecule has 0 bridgehead atoms. The standard InChI is InChI=1S/C16H28N4O3/c17-12-16(3-9-23-10-4-16)15(22)20-7-5-19(6-8-20)11-14(21)18-13-1-2-13/h13H,1-12,17H2,(H,18,21). The highest BCUT2D eigenvalue weighted by molar-refractivity contribution is 5.83. The van der Waals surface area contributed by atoms with Crippen LogP contribution in [0.2, 0.25) is 0 Å². The van der Waals surface area contributed by atoms with Gasteiger partial charge in [0.15, 0.2) is 0 Å². The Kier molecular flexibility index (Phi) is 5.18. The predicted molar refractivity (Wildman–Crippen MR) is 85.7 cm³/mol. The Hall–Kier alpha value is -1.18. The van der Waals surface area contributed by atoms with Crippen LogP contribution >= 0.6 is 0 Å². The third-order valence-electron chi connectivity index (χ3n) is 5.26. The van der Waals surface area contributed by atoms with Crippen molar-refractivity contribution in [3.8, 4) is 0 Å². The van der Waals surface area contributed by atoms with Gasteiger partial charge in [-0.1, -0.05) is 0 Å². The number of carbonyl (C=O) groups excluding carboxylic acids is 2. The summed E-state index contributed by atoms with van der Waals surface area (Å²) in [5.41, 5.74) is 5.48. The van der Waals surface area contributed by atoms with Gasteiger partial charge in [0.1, 0.15) is 0 Å². The molecule has 0 radical (unpaired) electrons. The van der Waals surface area contributed by atoms with E-state index in [1.165, 1.54) is 0 Å². The molecule has 2 aliphatic heterocycles. The summed E-state index contributed by atoms with van der Waals surface area (Å²) in [6.45, 7) is 4.92. The predicted octanol–water partition coefficient (Wildman–Crippen LogP) is -0.835. The first-order valence-electron chi connectivity index (χ1n) is 8.72. The number of carbonyl (C=O) groups is 2. The maximum Gasteiger partial charge on any atom is 0.234 e. The normalized spacial score (nSPS) is 25.2. The first kappa shape index (κ1) is 16.7. The number of amides is 2. The maximum absolute atomic E-state index is 12.9. The summed E-state index contributed by atoms with van der Waals surface area (Å²) in [5.74, 6) is 0.278. The van der Waals surface area contributed by atoms with Gasteiger partial charge in [-0.15, -0.1) is 0 Å². The number of ether oxygens (including phenoxy) is 1. The van der Waals surface area contributed by atoms with Crippen molar-refractivity contribution in [1.82, 2.24) is 15.1 Å². The molecule has 3 N–H and O–H groups in total. The van der Waals surface area contributed by atoms with E-state index in [9.17, 15) is 9.59 Å². The van der Waals surface area contributed by atoms with E-state index in [1.807, 2.05) is 4.90 Å². The molecule has 0 atom stereocenters. The fraction of sp³-hybridized carbons (Fsp3) is 0.875. The van der Waals surface area contributed by atoms with Crippen LogP contribution in [0.1, 0.15) is 25.7 Å². The van der Waals surface area contributed by atoms with Gasteiger partial charge < -0.3 is 20.7 Å². The summed E-state index contributed by atoms with van der Waals surface area (Å²) in [5, 5.41) is 3.01. The Balaban J connectivity index is 1.47. The van der Waals surface area contributed by atoms with E-state index in [4.69, 9.17) is 10.5 Å². The van der Waals surface area contributed by atoms with Crippen molar-refractivity contribution in [2.75, 3.05) is 52.5 Å². The van der Waals surface area contributed by atoms with Crippen LogP contribution in [-0.2, 0) is 14.3 Å². The molecule has 0 aromatic heterocycles. The Morgan fingerprint density at radius 2 is 1.78 bits per heavy atom. The number of hydrogen-bond acceptors (Lipinski definition) is 5. The average molecular weight is 324 g/mol. The highest BCUT2D eigenvalue weighted by atomic mass is 16.5. The molecule has 3 fully saturated rings. The zero-order valence-corrected chi connectivity index (χ0v) is 13.8. The van der Waals surface area contributed by atoms with Crippen LogP contribution in [0.4, 0.5) is 0 Å². The van der Waals surface area contributed by atoms with Crippen LogP contribution in [0, 0.1) is 5.41 Å². The molecule has 0 spiro atoms. The topological polar surface area (TPSA) is 87.9 Å². The molecule has 3 rings (SSSR count). The van der Waals surface area contributed by atoms with E-state index in [0.717, 1.165) is 25.9 Å². The second kappa shape index (κ2) is 7.15. The van der Waals surface area contributed by atoms with Gasteiger partial charge in [-0.05, 0) is 25.7 Å². The molecule has 1 aliphatic carbocycles. The van der Waals surface area contributed by atoms with Gasteiger partial charge in [-0.2, -0.15) is 0 Å². The summed E-state index contributed by atoms with van der Waals surface area (Å²) in [7, 11) is 0. The van der Waals surface area contributed by atoms with Crippen LogP contribution in [-0.4, -0.2) is 80.1 Å². The van der Waals surface area contributed by atoms with E-state index in [-0.39, 0.29) is 11.8 Å². The molecular weight excluding hydrogens is 296 g/mol. The fourth-order valence-electron chi connectivity index (χ4n) is 3.42. The minimum absolute atomic E-state index is 0.107. The molecule has 0 aromatic rings. The smallest absolute Gasteiger partial charge is 0.234 e. The zero-order valence-electron chi connectivity index (χ0n) is 13.8. The van der Waals surface area contributed by atoms with Crippen molar-refractivity contribution in [3.63, 3.8) is 0 Å². The van der Waals surface area contributed by atoms with Crippen molar-refractivity contribution in [2.24, 2.45) is 11.1 Å². The van der Waals surface area contributed by atoms with Crippen molar-refractivity contribution in [3.05, 3.63) is 0 Å². The van der Waals surface area contributed by atoms with Crippen LogP contribution in [0.25, 0.3) is 0 Å². The van der Waals surface area contributed by atoms with Crippen LogP contribution in [0.15, 0.2) is 0 Å². The van der Waals surface area contributed by atoms with E-state index in [0.29, 0.717) is 58.3 Å². The molecular formula is C16H28N4O3. The number of nitrogens with two attached hydrogens (primary N) is 1. The van der Waals surface area contributed by atoms with Crippen molar-refractivity contribution in [2.45, 2.75) is 31.7 Å². The lowest BCUT2D eigenvalue weighted by atomic mass is 9.78. The monoisotopic (exact) mass is 324 g/mol. The largest absolute Gasteiger partial charge is 0.381 e. The molecule has 7 heteroatoms. The Morgan fingerprint density at radius 1 is 1.13 bits per heavy atom. The van der Waals surface area contributed by atoms with E-state index in [1.54, 1.807) is 0 Å². The highest BCUT2D eigenvalue weighted by Gasteiger charge is 2.42. The Morgan fingerprint density at radius 3 is 2.35 bits per heavy atom. The molecule has 2 saturated heterocycles. The van der Waals surface area contributed by atoms with Gasteiger partial charge in [0.2, 0.25) is 11.8 Å². The summed E-state index contributed by atoms with van der Waals surface area (Å²) in [6, 6.07) is 0.406. The van der Waals surface area contributed by atoms with Gasteiger partial charge in [-0.3, -0.25) is 14.5 Å². The lowest BCUT2D eigenvalue weighted by Crippen LogP contribution is -2.57. The molecule has 7 nitrogen and oxygen atoms in total. The SMILES string of the molecule is NCC1(C(=O)N2CCN(CC(=O)NC3CC3)CC2)CCOCC1. The fourth-order valence-corrected chi connectivity index (χ4v) is 3.42. The summed E-state index contributed by atoms with van der Waals surface area (Å²) < 4.78 is 5.38. The number of piperazine rings is 1. The van der Waals surface area contributed by atoms with E-state index in [2.05, 4.69) is 10.2 Å². The number of rotatable bonds is 5. The van der Waals surface area contributed by atoms with Crippen LogP contribution < -0.4 is 11.1 Å². The Bertz CT molecular complexity index is 439. The van der Waals surface area contributed by atoms with Crippen molar-refractivity contribution < 1.29 is 14.3 Å². The highest BCUT2D eigenvalue weighted by Crippen LogP contribution is 2.32. The van der Waals surface area contributed by atoms with Crippen LogP contribution in [0.3, 0.4) is 0 Å². The van der Waals surface area contributed by atoms with Gasteiger partial charge in [0, 0.05) is 52.0 Å². The minimum Gasteiger partial charge on any atom is -0.381 e. The number of hydrogen-bond donors (Lipinski definition) is 2. The zero-order chi connectivity index (χ0) is 16.3. The quantitative estimate of drug-likeness (QED) is 0.689. The first-order valence-corrected chi connectivity index (χ1v) is 8.72. The summed E-state index contributed by atoms with van der Waals surface area (Å²) in [4.78, 5) is 28.8. The molecule has 23 heavy (non-hydrogen) atoms. The second-order valence-corrected chi connectivity index (χ2v) is 7.01.